The second-order valence-corrected chi connectivity index (χ2v) is 8.46. The van der Waals surface area contributed by atoms with Gasteiger partial charge in [-0.2, -0.15) is 20.1 Å². The lowest BCUT2D eigenvalue weighted by Gasteiger charge is -2.34. The number of aromatic nitrogens is 8. The molecule has 4 aromatic heterocycles. The first kappa shape index (κ1) is 20.9. The van der Waals surface area contributed by atoms with Gasteiger partial charge in [-0.25, -0.2) is 9.97 Å². The molecule has 1 aliphatic rings. The van der Waals surface area contributed by atoms with Gasteiger partial charge in [-0.05, 0) is 32.4 Å². The molecular weight excluding hydrogens is 420 g/mol. The molecule has 0 bridgehead atoms. The standard InChI is InChI=1S/C22H26N10O/c1-13-9-23-22(25-19-6-7-24-29(19)4)26-20(13)16-8-18-21(33)32(14(2)10-31(18)11-16)12-17-15(3)27-30(5)28-17/h6-9,11,14H,10,12H2,1-5H3,(H,23,25,26)/t14-/m0/s1. The van der Waals surface area contributed by atoms with Gasteiger partial charge in [-0.1, -0.05) is 0 Å². The van der Waals surface area contributed by atoms with Crippen molar-refractivity contribution in [3.63, 3.8) is 0 Å². The number of carbonyl (C=O) groups is 1. The van der Waals surface area contributed by atoms with Crippen LogP contribution in [0.15, 0.2) is 30.7 Å². The molecule has 0 fully saturated rings. The van der Waals surface area contributed by atoms with E-state index in [1.807, 2.05) is 48.7 Å². The quantitative estimate of drug-likeness (QED) is 0.500. The minimum Gasteiger partial charge on any atom is -0.341 e. The Hall–Kier alpha value is -4.02. The van der Waals surface area contributed by atoms with Crippen molar-refractivity contribution in [3.8, 4) is 11.3 Å². The average molecular weight is 447 g/mol. The van der Waals surface area contributed by atoms with E-state index in [1.54, 1.807) is 28.9 Å². The van der Waals surface area contributed by atoms with Crippen LogP contribution in [0.4, 0.5) is 11.8 Å². The molecule has 0 unspecified atom stereocenters. The van der Waals surface area contributed by atoms with E-state index >= 15 is 0 Å². The summed E-state index contributed by atoms with van der Waals surface area (Å²) in [4.78, 5) is 25.9. The van der Waals surface area contributed by atoms with Crippen molar-refractivity contribution in [2.24, 2.45) is 14.1 Å². The highest BCUT2D eigenvalue weighted by molar-refractivity contribution is 5.95. The third-order valence-electron chi connectivity index (χ3n) is 5.97. The molecule has 11 heteroatoms. The van der Waals surface area contributed by atoms with Crippen molar-refractivity contribution in [1.29, 1.82) is 0 Å². The monoisotopic (exact) mass is 446 g/mol. The number of carbonyl (C=O) groups excluding carboxylic acids is 1. The van der Waals surface area contributed by atoms with Gasteiger partial charge < -0.3 is 14.8 Å². The maximum Gasteiger partial charge on any atom is 0.271 e. The maximum atomic E-state index is 13.4. The number of nitrogens with one attached hydrogen (secondary N) is 1. The molecule has 0 aliphatic carbocycles. The summed E-state index contributed by atoms with van der Waals surface area (Å²) in [5.41, 5.74) is 4.90. The van der Waals surface area contributed by atoms with Crippen molar-refractivity contribution in [3.05, 3.63) is 53.4 Å². The molecule has 170 valence electrons. The Morgan fingerprint density at radius 2 is 2.03 bits per heavy atom. The van der Waals surface area contributed by atoms with Crippen molar-refractivity contribution < 1.29 is 4.79 Å². The summed E-state index contributed by atoms with van der Waals surface area (Å²) in [5, 5.41) is 16.1. The van der Waals surface area contributed by atoms with Crippen LogP contribution in [0, 0.1) is 13.8 Å². The van der Waals surface area contributed by atoms with E-state index in [2.05, 4.69) is 32.5 Å². The molecule has 33 heavy (non-hydrogen) atoms. The fourth-order valence-electron chi connectivity index (χ4n) is 4.19. The number of hydrogen-bond donors (Lipinski definition) is 1. The largest absolute Gasteiger partial charge is 0.341 e. The second-order valence-electron chi connectivity index (χ2n) is 8.46. The van der Waals surface area contributed by atoms with E-state index in [-0.39, 0.29) is 11.9 Å². The van der Waals surface area contributed by atoms with E-state index in [0.717, 1.165) is 34.0 Å². The number of nitrogens with zero attached hydrogens (tertiary/aromatic N) is 9. The summed E-state index contributed by atoms with van der Waals surface area (Å²) in [7, 11) is 3.64. The van der Waals surface area contributed by atoms with Crippen LogP contribution in [0.25, 0.3) is 11.3 Å². The van der Waals surface area contributed by atoms with E-state index in [4.69, 9.17) is 4.98 Å². The smallest absolute Gasteiger partial charge is 0.271 e. The molecular formula is C22H26N10O. The summed E-state index contributed by atoms with van der Waals surface area (Å²) < 4.78 is 3.73. The Morgan fingerprint density at radius 1 is 1.21 bits per heavy atom. The van der Waals surface area contributed by atoms with E-state index in [1.165, 1.54) is 0 Å². The number of fused-ring (bicyclic) bond motifs is 1. The minimum absolute atomic E-state index is 0.0232. The molecule has 1 N–H and O–H groups in total. The van der Waals surface area contributed by atoms with Crippen LogP contribution in [0.5, 0.6) is 0 Å². The first-order valence-corrected chi connectivity index (χ1v) is 10.8. The van der Waals surface area contributed by atoms with Crippen LogP contribution in [0.3, 0.4) is 0 Å². The van der Waals surface area contributed by atoms with Crippen LogP contribution >= 0.6 is 0 Å². The molecule has 11 nitrogen and oxygen atoms in total. The Labute approximate surface area is 191 Å². The average Bonchev–Trinajstić information content (AvgIpc) is 3.45. The molecule has 4 aromatic rings. The van der Waals surface area contributed by atoms with Crippen molar-refractivity contribution in [2.45, 2.75) is 39.9 Å². The predicted molar refractivity (Wildman–Crippen MR) is 122 cm³/mol. The number of anilines is 2. The maximum absolute atomic E-state index is 13.4. The molecule has 1 amide bonds. The van der Waals surface area contributed by atoms with Gasteiger partial charge in [0.05, 0.1) is 24.1 Å². The lowest BCUT2D eigenvalue weighted by atomic mass is 10.1. The Morgan fingerprint density at radius 3 is 2.73 bits per heavy atom. The lowest BCUT2D eigenvalue weighted by Crippen LogP contribution is -2.45. The highest BCUT2D eigenvalue weighted by Crippen LogP contribution is 2.29. The fourth-order valence-corrected chi connectivity index (χ4v) is 4.19. The molecule has 0 spiro atoms. The highest BCUT2D eigenvalue weighted by Gasteiger charge is 2.32. The minimum atomic E-state index is -0.0232. The van der Waals surface area contributed by atoms with Crippen LogP contribution in [0.2, 0.25) is 0 Å². The summed E-state index contributed by atoms with van der Waals surface area (Å²) in [6, 6.07) is 3.79. The van der Waals surface area contributed by atoms with Crippen LogP contribution in [0.1, 0.15) is 34.4 Å². The third-order valence-corrected chi connectivity index (χ3v) is 5.97. The van der Waals surface area contributed by atoms with Crippen molar-refractivity contribution in [2.75, 3.05) is 5.32 Å². The van der Waals surface area contributed by atoms with Gasteiger partial charge in [0.2, 0.25) is 5.95 Å². The number of amides is 1. The molecule has 0 aromatic carbocycles. The van der Waals surface area contributed by atoms with Gasteiger partial charge in [0.1, 0.15) is 17.2 Å². The molecule has 1 aliphatic heterocycles. The third kappa shape index (κ3) is 3.75. The van der Waals surface area contributed by atoms with Gasteiger partial charge >= 0.3 is 0 Å². The highest BCUT2D eigenvalue weighted by atomic mass is 16.2. The van der Waals surface area contributed by atoms with E-state index in [9.17, 15) is 4.79 Å². The second kappa shape index (κ2) is 7.84. The number of hydrogen-bond acceptors (Lipinski definition) is 7. The topological polar surface area (TPSA) is 112 Å². The van der Waals surface area contributed by atoms with E-state index in [0.29, 0.717) is 24.7 Å². The molecule has 5 rings (SSSR count). The Kier molecular flexibility index (Phi) is 4.95. The van der Waals surface area contributed by atoms with Crippen LogP contribution in [-0.4, -0.2) is 56.2 Å². The Bertz CT molecular complexity index is 1350. The molecule has 0 saturated heterocycles. The van der Waals surface area contributed by atoms with E-state index < -0.39 is 0 Å². The van der Waals surface area contributed by atoms with Crippen LogP contribution in [-0.2, 0) is 27.2 Å². The van der Waals surface area contributed by atoms with Gasteiger partial charge in [0.15, 0.2) is 0 Å². The SMILES string of the molecule is Cc1cnc(Nc2ccnn2C)nc1-c1cc2n(c1)C[C@H](C)N(Cc1nn(C)nc1C)C2=O. The van der Waals surface area contributed by atoms with Gasteiger partial charge in [-0.3, -0.25) is 9.48 Å². The zero-order valence-electron chi connectivity index (χ0n) is 19.3. The molecule has 0 saturated carbocycles. The Balaban J connectivity index is 1.45. The summed E-state index contributed by atoms with van der Waals surface area (Å²) in [5.74, 6) is 1.24. The summed E-state index contributed by atoms with van der Waals surface area (Å²) >= 11 is 0. The van der Waals surface area contributed by atoms with Crippen LogP contribution < -0.4 is 5.32 Å². The first-order chi connectivity index (χ1) is 15.8. The number of rotatable bonds is 5. The lowest BCUT2D eigenvalue weighted by molar-refractivity contribution is 0.0592. The van der Waals surface area contributed by atoms with Gasteiger partial charge in [0.25, 0.3) is 5.91 Å². The molecule has 0 radical (unpaired) electrons. The van der Waals surface area contributed by atoms with Gasteiger partial charge in [-0.15, -0.1) is 0 Å². The molecule has 5 heterocycles. The first-order valence-electron chi connectivity index (χ1n) is 10.8. The van der Waals surface area contributed by atoms with Crippen molar-refractivity contribution in [1.82, 2.24) is 44.2 Å². The normalized spacial score (nSPS) is 15.7. The fraction of sp³-hybridized carbons (Fsp3) is 0.364. The zero-order chi connectivity index (χ0) is 23.3. The predicted octanol–water partition coefficient (Wildman–Crippen LogP) is 2.21. The van der Waals surface area contributed by atoms with Crippen molar-refractivity contribution >= 4 is 17.7 Å². The molecule has 1 atom stereocenters. The zero-order valence-corrected chi connectivity index (χ0v) is 19.3. The number of aryl methyl sites for hydroxylation is 4. The summed E-state index contributed by atoms with van der Waals surface area (Å²) in [6.45, 7) is 7.07. The summed E-state index contributed by atoms with van der Waals surface area (Å²) in [6.07, 6.45) is 5.49. The van der Waals surface area contributed by atoms with Gasteiger partial charge in [0, 0.05) is 50.7 Å².